The molecular formula is C15H14N2O2. The lowest BCUT2D eigenvalue weighted by atomic mass is 10.2. The van der Waals surface area contributed by atoms with Gasteiger partial charge >= 0.3 is 0 Å². The van der Waals surface area contributed by atoms with Gasteiger partial charge in [0.1, 0.15) is 17.3 Å². The van der Waals surface area contributed by atoms with Crippen LogP contribution in [0.4, 0.5) is 5.82 Å². The number of hydrogen-bond acceptors (Lipinski definition) is 3. The number of anilines is 1. The maximum Gasteiger partial charge on any atom is 0.257 e. The fourth-order valence-corrected chi connectivity index (χ4v) is 2.07. The molecule has 4 nitrogen and oxygen atoms in total. The molecule has 1 aromatic carbocycles. The van der Waals surface area contributed by atoms with Crippen LogP contribution in [0, 0.1) is 6.92 Å². The van der Waals surface area contributed by atoms with Crippen molar-refractivity contribution in [3.05, 3.63) is 64.3 Å². The van der Waals surface area contributed by atoms with Crippen LogP contribution in [0.25, 0.3) is 10.8 Å². The van der Waals surface area contributed by atoms with Gasteiger partial charge < -0.3 is 14.7 Å². The van der Waals surface area contributed by atoms with E-state index in [-0.39, 0.29) is 5.56 Å². The number of aryl methyl sites for hydroxylation is 1. The molecule has 0 saturated carbocycles. The first kappa shape index (κ1) is 11.6. The first-order chi connectivity index (χ1) is 9.22. The predicted molar refractivity (Wildman–Crippen MR) is 75.3 cm³/mol. The summed E-state index contributed by atoms with van der Waals surface area (Å²) < 4.78 is 5.47. The molecule has 0 saturated heterocycles. The Bertz CT molecular complexity index is 771. The lowest BCUT2D eigenvalue weighted by molar-refractivity contribution is 0.490. The molecule has 2 N–H and O–H groups in total. The van der Waals surface area contributed by atoms with E-state index < -0.39 is 0 Å². The molecule has 0 aliphatic carbocycles. The zero-order valence-electron chi connectivity index (χ0n) is 10.6. The lowest BCUT2D eigenvalue weighted by Crippen LogP contribution is -2.10. The van der Waals surface area contributed by atoms with Gasteiger partial charge in [-0.25, -0.2) is 0 Å². The van der Waals surface area contributed by atoms with E-state index in [2.05, 4.69) is 10.3 Å². The van der Waals surface area contributed by atoms with Gasteiger partial charge in [0.05, 0.1) is 6.54 Å². The van der Waals surface area contributed by atoms with Crippen LogP contribution in [-0.2, 0) is 6.54 Å². The molecule has 0 radical (unpaired) electrons. The molecule has 3 rings (SSSR count). The van der Waals surface area contributed by atoms with E-state index in [1.165, 1.54) is 0 Å². The maximum absolute atomic E-state index is 11.9. The minimum atomic E-state index is -0.0868. The van der Waals surface area contributed by atoms with Crippen LogP contribution >= 0.6 is 0 Å². The third-order valence-corrected chi connectivity index (χ3v) is 3.00. The largest absolute Gasteiger partial charge is 0.465 e. The van der Waals surface area contributed by atoms with E-state index in [4.69, 9.17) is 4.42 Å². The number of aromatic amines is 1. The molecule has 0 unspecified atom stereocenters. The zero-order valence-corrected chi connectivity index (χ0v) is 10.6. The van der Waals surface area contributed by atoms with Gasteiger partial charge in [0.15, 0.2) is 0 Å². The average Bonchev–Trinajstić information content (AvgIpc) is 2.82. The van der Waals surface area contributed by atoms with Gasteiger partial charge in [-0.15, -0.1) is 0 Å². The molecule has 0 amide bonds. The fraction of sp³-hybridized carbons (Fsp3) is 0.133. The van der Waals surface area contributed by atoms with E-state index in [1.54, 1.807) is 0 Å². The second-order valence-electron chi connectivity index (χ2n) is 4.47. The van der Waals surface area contributed by atoms with Crippen molar-refractivity contribution in [1.29, 1.82) is 0 Å². The number of H-pyrrole nitrogens is 1. The summed E-state index contributed by atoms with van der Waals surface area (Å²) in [5.74, 6) is 2.41. The summed E-state index contributed by atoms with van der Waals surface area (Å²) in [5.41, 5.74) is -0.0868. The van der Waals surface area contributed by atoms with Gasteiger partial charge in [-0.3, -0.25) is 4.79 Å². The Morgan fingerprint density at radius 2 is 2.05 bits per heavy atom. The Balaban J connectivity index is 1.87. The fourth-order valence-electron chi connectivity index (χ4n) is 2.07. The van der Waals surface area contributed by atoms with Gasteiger partial charge in [0.2, 0.25) is 0 Å². The summed E-state index contributed by atoms with van der Waals surface area (Å²) in [4.78, 5) is 14.7. The SMILES string of the molecule is Cc1ccc(CNc2cc3ccccc3c(=O)[nH]2)o1. The number of benzene rings is 1. The van der Waals surface area contributed by atoms with E-state index in [9.17, 15) is 4.79 Å². The zero-order chi connectivity index (χ0) is 13.2. The van der Waals surface area contributed by atoms with Crippen LogP contribution < -0.4 is 10.9 Å². The van der Waals surface area contributed by atoms with Crippen molar-refractivity contribution in [1.82, 2.24) is 4.98 Å². The van der Waals surface area contributed by atoms with Crippen molar-refractivity contribution in [2.45, 2.75) is 13.5 Å². The van der Waals surface area contributed by atoms with Crippen molar-refractivity contribution in [2.75, 3.05) is 5.32 Å². The smallest absolute Gasteiger partial charge is 0.257 e. The number of furan rings is 1. The number of nitrogens with one attached hydrogen (secondary N) is 2. The third-order valence-electron chi connectivity index (χ3n) is 3.00. The molecule has 0 aliphatic heterocycles. The minimum absolute atomic E-state index is 0.0868. The van der Waals surface area contributed by atoms with Gasteiger partial charge in [-0.05, 0) is 36.6 Å². The Kier molecular flexibility index (Phi) is 2.83. The Labute approximate surface area is 110 Å². The molecule has 0 atom stereocenters. The molecule has 2 aromatic heterocycles. The summed E-state index contributed by atoms with van der Waals surface area (Å²) in [5, 5.41) is 4.77. The molecule has 0 bridgehead atoms. The van der Waals surface area contributed by atoms with Crippen LogP contribution in [0.1, 0.15) is 11.5 Å². The highest BCUT2D eigenvalue weighted by Gasteiger charge is 2.02. The average molecular weight is 254 g/mol. The monoisotopic (exact) mass is 254 g/mol. The highest BCUT2D eigenvalue weighted by Crippen LogP contribution is 2.14. The van der Waals surface area contributed by atoms with Crippen LogP contribution in [0.15, 0.2) is 51.7 Å². The molecule has 4 heteroatoms. The molecule has 0 aliphatic rings. The molecule has 19 heavy (non-hydrogen) atoms. The summed E-state index contributed by atoms with van der Waals surface area (Å²) >= 11 is 0. The minimum Gasteiger partial charge on any atom is -0.465 e. The summed E-state index contributed by atoms with van der Waals surface area (Å²) in [7, 11) is 0. The van der Waals surface area contributed by atoms with Crippen molar-refractivity contribution < 1.29 is 4.42 Å². The number of hydrogen-bond donors (Lipinski definition) is 2. The number of fused-ring (bicyclic) bond motifs is 1. The van der Waals surface area contributed by atoms with Crippen LogP contribution in [0.3, 0.4) is 0 Å². The second kappa shape index (κ2) is 4.65. The standard InChI is InChI=1S/C15H14N2O2/c1-10-6-7-12(19-10)9-16-14-8-11-4-2-3-5-13(11)15(18)17-14/h2-8H,9H2,1H3,(H2,16,17,18). The summed E-state index contributed by atoms with van der Waals surface area (Å²) in [6.45, 7) is 2.45. The normalized spacial score (nSPS) is 10.8. The third kappa shape index (κ3) is 2.38. The summed E-state index contributed by atoms with van der Waals surface area (Å²) in [6.07, 6.45) is 0. The van der Waals surface area contributed by atoms with Crippen molar-refractivity contribution in [3.63, 3.8) is 0 Å². The predicted octanol–water partition coefficient (Wildman–Crippen LogP) is 3.04. The number of aromatic nitrogens is 1. The molecule has 3 aromatic rings. The molecule has 2 heterocycles. The Hall–Kier alpha value is -2.49. The van der Waals surface area contributed by atoms with Crippen LogP contribution in [0.5, 0.6) is 0 Å². The first-order valence-corrected chi connectivity index (χ1v) is 6.13. The quantitative estimate of drug-likeness (QED) is 0.755. The van der Waals surface area contributed by atoms with Gasteiger partial charge in [-0.2, -0.15) is 0 Å². The van der Waals surface area contributed by atoms with E-state index in [0.29, 0.717) is 17.7 Å². The Morgan fingerprint density at radius 1 is 1.21 bits per heavy atom. The van der Waals surface area contributed by atoms with Crippen molar-refractivity contribution >= 4 is 16.6 Å². The van der Waals surface area contributed by atoms with Gasteiger partial charge in [-0.1, -0.05) is 18.2 Å². The van der Waals surface area contributed by atoms with Crippen molar-refractivity contribution in [2.24, 2.45) is 0 Å². The highest BCUT2D eigenvalue weighted by atomic mass is 16.3. The summed E-state index contributed by atoms with van der Waals surface area (Å²) in [6, 6.07) is 13.3. The van der Waals surface area contributed by atoms with Crippen LogP contribution in [-0.4, -0.2) is 4.98 Å². The van der Waals surface area contributed by atoms with E-state index in [0.717, 1.165) is 16.9 Å². The second-order valence-corrected chi connectivity index (χ2v) is 4.47. The first-order valence-electron chi connectivity index (χ1n) is 6.13. The highest BCUT2D eigenvalue weighted by molar-refractivity contribution is 5.83. The van der Waals surface area contributed by atoms with Gasteiger partial charge in [0, 0.05) is 5.39 Å². The molecule has 0 spiro atoms. The van der Waals surface area contributed by atoms with Crippen molar-refractivity contribution in [3.8, 4) is 0 Å². The molecule has 0 fully saturated rings. The molecular weight excluding hydrogens is 240 g/mol. The number of rotatable bonds is 3. The molecule has 96 valence electrons. The topological polar surface area (TPSA) is 58.0 Å². The van der Waals surface area contributed by atoms with E-state index >= 15 is 0 Å². The van der Waals surface area contributed by atoms with Crippen LogP contribution in [0.2, 0.25) is 0 Å². The van der Waals surface area contributed by atoms with Gasteiger partial charge in [0.25, 0.3) is 5.56 Å². The maximum atomic E-state index is 11.9. The Morgan fingerprint density at radius 3 is 2.84 bits per heavy atom. The lowest BCUT2D eigenvalue weighted by Gasteiger charge is -2.05. The van der Waals surface area contributed by atoms with E-state index in [1.807, 2.05) is 49.4 Å². The number of pyridine rings is 1.